The average molecular weight is 636 g/mol. The van der Waals surface area contributed by atoms with Crippen LogP contribution in [-0.2, 0) is 0 Å². The van der Waals surface area contributed by atoms with E-state index in [2.05, 4.69) is 115 Å². The number of rotatable bonds is 5. The van der Waals surface area contributed by atoms with Gasteiger partial charge in [-0.25, -0.2) is 15.0 Å². The van der Waals surface area contributed by atoms with Gasteiger partial charge in [0.15, 0.2) is 17.5 Å². The fourth-order valence-corrected chi connectivity index (χ4v) is 7.42. The molecular weight excluding hydrogens is 607 g/mol. The van der Waals surface area contributed by atoms with Gasteiger partial charge in [-0.2, -0.15) is 0 Å². The fourth-order valence-electron chi connectivity index (χ4n) is 7.42. The average Bonchev–Trinajstić information content (AvgIpc) is 3.52. The first-order valence-electron chi connectivity index (χ1n) is 16.9. The Labute approximate surface area is 290 Å². The van der Waals surface area contributed by atoms with Crippen LogP contribution in [0.25, 0.3) is 100 Å². The van der Waals surface area contributed by atoms with E-state index >= 15 is 0 Å². The maximum atomic E-state index is 4.94. The Morgan fingerprint density at radius 3 is 1.42 bits per heavy atom. The number of aromatic nitrogens is 3. The molecule has 1 aromatic heterocycles. The molecule has 1 aliphatic carbocycles. The molecule has 10 rings (SSSR count). The topological polar surface area (TPSA) is 38.7 Å². The van der Waals surface area contributed by atoms with Gasteiger partial charge in [0.2, 0.25) is 0 Å². The van der Waals surface area contributed by atoms with Crippen LogP contribution in [0.2, 0.25) is 0 Å². The van der Waals surface area contributed by atoms with Crippen LogP contribution < -0.4 is 0 Å². The maximum absolute atomic E-state index is 4.94. The molecule has 0 saturated carbocycles. The van der Waals surface area contributed by atoms with Gasteiger partial charge in [-0.1, -0.05) is 158 Å². The second kappa shape index (κ2) is 11.5. The Morgan fingerprint density at radius 1 is 0.260 bits per heavy atom. The van der Waals surface area contributed by atoms with Crippen molar-refractivity contribution in [2.24, 2.45) is 0 Å². The van der Waals surface area contributed by atoms with Crippen molar-refractivity contribution >= 4 is 21.5 Å². The lowest BCUT2D eigenvalue weighted by atomic mass is 9.91. The zero-order valence-electron chi connectivity index (χ0n) is 27.1. The lowest BCUT2D eigenvalue weighted by Crippen LogP contribution is -2.00. The molecule has 3 heteroatoms. The highest BCUT2D eigenvalue weighted by molar-refractivity contribution is 6.15. The molecule has 1 aliphatic rings. The van der Waals surface area contributed by atoms with Crippen LogP contribution in [-0.4, -0.2) is 15.0 Å². The predicted octanol–water partition coefficient (Wildman–Crippen LogP) is 12.2. The van der Waals surface area contributed by atoms with Crippen LogP contribution >= 0.6 is 0 Å². The molecule has 1 heterocycles. The van der Waals surface area contributed by atoms with E-state index < -0.39 is 0 Å². The first-order chi connectivity index (χ1) is 24.8. The highest BCUT2D eigenvalue weighted by Crippen LogP contribution is 2.48. The third-order valence-electron chi connectivity index (χ3n) is 9.85. The second-order valence-electron chi connectivity index (χ2n) is 12.8. The standard InChI is InChI=1S/C47H29N3/c1-3-11-32(12-4-1)45-48-46(33-13-5-2-6-14-33)50-47(49-45)34-23-21-30(22-24-34)42-29-37(27-36-15-7-8-18-38(36)42)35-25-26-39-40-19-9-16-31-17-10-20-41(44(31)40)43(39)28-35/h1-29H. The molecule has 0 aliphatic heterocycles. The summed E-state index contributed by atoms with van der Waals surface area (Å²) in [6.07, 6.45) is 0. The summed E-state index contributed by atoms with van der Waals surface area (Å²) in [4.78, 5) is 14.7. The third kappa shape index (κ3) is 4.71. The molecule has 0 bridgehead atoms. The van der Waals surface area contributed by atoms with Crippen molar-refractivity contribution in [2.45, 2.75) is 0 Å². The molecule has 232 valence electrons. The minimum atomic E-state index is 0.650. The minimum Gasteiger partial charge on any atom is -0.208 e. The molecular formula is C47H29N3. The van der Waals surface area contributed by atoms with Gasteiger partial charge in [-0.3, -0.25) is 0 Å². The molecule has 8 aromatic carbocycles. The lowest BCUT2D eigenvalue weighted by molar-refractivity contribution is 1.07. The molecule has 0 radical (unpaired) electrons. The van der Waals surface area contributed by atoms with Crippen molar-refractivity contribution in [1.29, 1.82) is 0 Å². The van der Waals surface area contributed by atoms with E-state index in [0.717, 1.165) is 22.3 Å². The highest BCUT2D eigenvalue weighted by Gasteiger charge is 2.22. The smallest absolute Gasteiger partial charge is 0.164 e. The first kappa shape index (κ1) is 28.3. The van der Waals surface area contributed by atoms with Crippen LogP contribution in [0.1, 0.15) is 0 Å². The number of hydrogen-bond acceptors (Lipinski definition) is 3. The van der Waals surface area contributed by atoms with Gasteiger partial charge in [-0.15, -0.1) is 0 Å². The Balaban J connectivity index is 1.07. The van der Waals surface area contributed by atoms with Crippen molar-refractivity contribution in [1.82, 2.24) is 15.0 Å². The van der Waals surface area contributed by atoms with Crippen LogP contribution in [0.4, 0.5) is 0 Å². The van der Waals surface area contributed by atoms with Crippen molar-refractivity contribution in [3.8, 4) is 78.7 Å². The van der Waals surface area contributed by atoms with Gasteiger partial charge < -0.3 is 0 Å². The number of nitrogens with zero attached hydrogens (tertiary/aromatic N) is 3. The van der Waals surface area contributed by atoms with Crippen molar-refractivity contribution < 1.29 is 0 Å². The normalized spacial score (nSPS) is 11.6. The summed E-state index contributed by atoms with van der Waals surface area (Å²) in [6.45, 7) is 0. The van der Waals surface area contributed by atoms with E-state index in [-0.39, 0.29) is 0 Å². The van der Waals surface area contributed by atoms with Gasteiger partial charge in [-0.05, 0) is 84.3 Å². The van der Waals surface area contributed by atoms with Crippen LogP contribution in [0.15, 0.2) is 176 Å². The van der Waals surface area contributed by atoms with Crippen molar-refractivity contribution in [3.63, 3.8) is 0 Å². The van der Waals surface area contributed by atoms with Crippen molar-refractivity contribution in [2.75, 3.05) is 0 Å². The Kier molecular flexibility index (Phi) is 6.49. The van der Waals surface area contributed by atoms with Gasteiger partial charge in [0.1, 0.15) is 0 Å². The van der Waals surface area contributed by atoms with E-state index in [1.54, 1.807) is 0 Å². The molecule has 0 fully saturated rings. The Hall–Kier alpha value is -6.71. The fraction of sp³-hybridized carbons (Fsp3) is 0. The largest absolute Gasteiger partial charge is 0.208 e. The van der Waals surface area contributed by atoms with E-state index in [9.17, 15) is 0 Å². The summed E-state index contributed by atoms with van der Waals surface area (Å²) in [5.41, 5.74) is 12.9. The van der Waals surface area contributed by atoms with Crippen LogP contribution in [0.5, 0.6) is 0 Å². The summed E-state index contributed by atoms with van der Waals surface area (Å²) < 4.78 is 0. The molecule has 0 atom stereocenters. The number of hydrogen-bond donors (Lipinski definition) is 0. The van der Waals surface area contributed by atoms with Crippen LogP contribution in [0, 0.1) is 0 Å². The summed E-state index contributed by atoms with van der Waals surface area (Å²) in [5, 5.41) is 5.08. The minimum absolute atomic E-state index is 0.650. The summed E-state index contributed by atoms with van der Waals surface area (Å²) in [7, 11) is 0. The summed E-state index contributed by atoms with van der Waals surface area (Å²) in [6, 6.07) is 62.4. The highest BCUT2D eigenvalue weighted by atomic mass is 15.0. The third-order valence-corrected chi connectivity index (χ3v) is 9.85. The molecule has 9 aromatic rings. The number of benzene rings is 8. The lowest BCUT2D eigenvalue weighted by Gasteiger charge is -2.13. The van der Waals surface area contributed by atoms with Gasteiger partial charge in [0.25, 0.3) is 0 Å². The number of fused-ring (bicyclic) bond motifs is 4. The van der Waals surface area contributed by atoms with E-state index in [1.165, 1.54) is 60.5 Å². The van der Waals surface area contributed by atoms with Gasteiger partial charge in [0.05, 0.1) is 0 Å². The molecule has 0 amide bonds. The molecule has 0 saturated heterocycles. The van der Waals surface area contributed by atoms with Gasteiger partial charge >= 0.3 is 0 Å². The van der Waals surface area contributed by atoms with E-state index in [0.29, 0.717) is 17.5 Å². The Bertz CT molecular complexity index is 2670. The molecule has 50 heavy (non-hydrogen) atoms. The van der Waals surface area contributed by atoms with Crippen LogP contribution in [0.3, 0.4) is 0 Å². The van der Waals surface area contributed by atoms with Crippen molar-refractivity contribution in [3.05, 3.63) is 176 Å². The first-order valence-corrected chi connectivity index (χ1v) is 16.9. The molecule has 0 unspecified atom stereocenters. The zero-order chi connectivity index (χ0) is 33.0. The second-order valence-corrected chi connectivity index (χ2v) is 12.8. The monoisotopic (exact) mass is 635 g/mol. The quantitative estimate of drug-likeness (QED) is 0.189. The van der Waals surface area contributed by atoms with Gasteiger partial charge in [0, 0.05) is 16.7 Å². The summed E-state index contributed by atoms with van der Waals surface area (Å²) >= 11 is 0. The predicted molar refractivity (Wildman–Crippen MR) is 206 cm³/mol. The maximum Gasteiger partial charge on any atom is 0.164 e. The summed E-state index contributed by atoms with van der Waals surface area (Å²) in [5.74, 6) is 1.97. The SMILES string of the molecule is c1ccc(-c2nc(-c3ccccc3)nc(-c3ccc(-c4cc(-c5ccc6c(c5)-c5cccc7cccc-6c57)cc5ccccc45)cc3)n2)cc1. The Morgan fingerprint density at radius 2 is 0.760 bits per heavy atom. The van der Waals surface area contributed by atoms with E-state index in [1.807, 2.05) is 60.7 Å². The molecule has 0 spiro atoms. The van der Waals surface area contributed by atoms with E-state index in [4.69, 9.17) is 15.0 Å². The zero-order valence-corrected chi connectivity index (χ0v) is 27.1. The molecule has 3 nitrogen and oxygen atoms in total. The molecule has 0 N–H and O–H groups in total.